The Labute approximate surface area is 198 Å². The quantitative estimate of drug-likeness (QED) is 0.136. The van der Waals surface area contributed by atoms with Gasteiger partial charge in [0.15, 0.2) is 0 Å². The summed E-state index contributed by atoms with van der Waals surface area (Å²) in [6, 6.07) is 3.52. The van der Waals surface area contributed by atoms with Crippen molar-refractivity contribution in [3.63, 3.8) is 0 Å². The number of thioether (sulfide) groups is 1. The zero-order valence-corrected chi connectivity index (χ0v) is 19.7. The van der Waals surface area contributed by atoms with Crippen LogP contribution in [0.4, 0.5) is 10.5 Å². The van der Waals surface area contributed by atoms with Crippen LogP contribution in [0.15, 0.2) is 24.3 Å². The molecule has 1 rings (SSSR count). The first-order valence-electron chi connectivity index (χ1n) is 9.76. The summed E-state index contributed by atoms with van der Waals surface area (Å²) in [5, 5.41) is 22.5. The van der Waals surface area contributed by atoms with Gasteiger partial charge in [0.2, 0.25) is 12.2 Å². The largest absolute Gasteiger partial charge is 0.516 e. The second-order valence-corrected chi connectivity index (χ2v) is 8.40. The lowest BCUT2D eigenvalue weighted by molar-refractivity contribution is -0.760. The molecule has 0 spiro atoms. The number of rotatable bonds is 13. The molecule has 1 N–H and O–H groups in total. The summed E-state index contributed by atoms with van der Waals surface area (Å²) in [5.41, 5.74) is -1.52. The molecule has 0 fully saturated rings. The Morgan fingerprint density at radius 1 is 1.12 bits per heavy atom. The maximum absolute atomic E-state index is 12.5. The van der Waals surface area contributed by atoms with Gasteiger partial charge in [0.25, 0.3) is 10.8 Å². The molecule has 34 heavy (non-hydrogen) atoms. The number of carbonyl (C=O) groups excluding carboxylic acids is 3. The molecule has 14 nitrogen and oxygen atoms in total. The number of benzene rings is 1. The standard InChI is InChI=1S/C19H25N3O11S/c1-12(32-18(25)33-14-7-5-13(6-8-14)21(26)27)31-16(23)15(9-10-34-4)20-17(24)19(2,3)11-30-22(28)29/h5-8,12,15H,9-11H2,1-4H3,(H,20,24). The van der Waals surface area contributed by atoms with Crippen LogP contribution in [0.5, 0.6) is 5.75 Å². The van der Waals surface area contributed by atoms with Crippen molar-refractivity contribution < 1.29 is 43.4 Å². The van der Waals surface area contributed by atoms with Crippen molar-refractivity contribution in [2.45, 2.75) is 39.5 Å². The molecule has 0 saturated carbocycles. The fourth-order valence-corrected chi connectivity index (χ4v) is 2.75. The highest BCUT2D eigenvalue weighted by molar-refractivity contribution is 7.98. The molecule has 188 valence electrons. The summed E-state index contributed by atoms with van der Waals surface area (Å²) in [6.45, 7) is 3.53. The molecule has 0 aliphatic carbocycles. The summed E-state index contributed by atoms with van der Waals surface area (Å²) in [6.07, 6.45) is -0.647. The molecule has 2 unspecified atom stereocenters. The van der Waals surface area contributed by atoms with Gasteiger partial charge in [-0.05, 0) is 44.4 Å². The van der Waals surface area contributed by atoms with E-state index in [2.05, 4.69) is 10.2 Å². The average molecular weight is 503 g/mol. The molecule has 0 aliphatic rings. The number of amides is 1. The van der Waals surface area contributed by atoms with Crippen LogP contribution in [-0.2, 0) is 23.9 Å². The van der Waals surface area contributed by atoms with Crippen LogP contribution in [0.1, 0.15) is 27.2 Å². The number of carbonyl (C=O) groups is 3. The molecule has 15 heteroatoms. The van der Waals surface area contributed by atoms with E-state index in [1.165, 1.54) is 44.7 Å². The third kappa shape index (κ3) is 9.89. The molecule has 0 aromatic heterocycles. The molecule has 0 bridgehead atoms. The van der Waals surface area contributed by atoms with Gasteiger partial charge in [0.1, 0.15) is 18.4 Å². The fraction of sp³-hybridized carbons (Fsp3) is 0.526. The van der Waals surface area contributed by atoms with E-state index in [4.69, 9.17) is 14.2 Å². The van der Waals surface area contributed by atoms with Gasteiger partial charge in [-0.2, -0.15) is 11.8 Å². The Morgan fingerprint density at radius 2 is 1.74 bits per heavy atom. The van der Waals surface area contributed by atoms with Crippen molar-refractivity contribution in [2.24, 2.45) is 5.41 Å². The summed E-state index contributed by atoms with van der Waals surface area (Å²) < 4.78 is 14.8. The molecular weight excluding hydrogens is 478 g/mol. The molecule has 0 saturated heterocycles. The van der Waals surface area contributed by atoms with Gasteiger partial charge in [-0.1, -0.05) is 0 Å². The zero-order valence-electron chi connectivity index (χ0n) is 18.9. The van der Waals surface area contributed by atoms with Crippen LogP contribution >= 0.6 is 11.8 Å². The lowest BCUT2D eigenvalue weighted by Gasteiger charge is -2.26. The van der Waals surface area contributed by atoms with Gasteiger partial charge >= 0.3 is 12.1 Å². The van der Waals surface area contributed by atoms with Crippen LogP contribution in [0.2, 0.25) is 0 Å². The van der Waals surface area contributed by atoms with E-state index < -0.39 is 52.4 Å². The minimum atomic E-state index is -1.39. The Bertz CT molecular complexity index is 892. The van der Waals surface area contributed by atoms with Crippen LogP contribution in [-0.4, -0.2) is 59.0 Å². The van der Waals surface area contributed by atoms with Crippen LogP contribution in [0.3, 0.4) is 0 Å². The minimum Gasteiger partial charge on any atom is -0.424 e. The van der Waals surface area contributed by atoms with Crippen LogP contribution in [0, 0.1) is 25.6 Å². The van der Waals surface area contributed by atoms with Gasteiger partial charge in [-0.3, -0.25) is 14.9 Å². The van der Waals surface area contributed by atoms with Gasteiger partial charge in [-0.25, -0.2) is 9.59 Å². The van der Waals surface area contributed by atoms with Gasteiger partial charge in [0.05, 0.1) is 10.3 Å². The van der Waals surface area contributed by atoms with E-state index in [-0.39, 0.29) is 17.9 Å². The maximum Gasteiger partial charge on any atom is 0.516 e. The Kier molecular flexibility index (Phi) is 11.0. The predicted molar refractivity (Wildman–Crippen MR) is 117 cm³/mol. The average Bonchev–Trinajstić information content (AvgIpc) is 2.75. The molecular formula is C19H25N3O11S. The number of hydrogen-bond acceptors (Lipinski definition) is 12. The number of non-ortho nitro benzene ring substituents is 1. The normalized spacial score (nSPS) is 12.6. The highest BCUT2D eigenvalue weighted by Gasteiger charge is 2.33. The van der Waals surface area contributed by atoms with E-state index >= 15 is 0 Å². The summed E-state index contributed by atoms with van der Waals surface area (Å²) in [5.74, 6) is -1.13. The first kappa shape index (κ1) is 28.4. The number of esters is 1. The fourth-order valence-electron chi connectivity index (χ4n) is 2.28. The van der Waals surface area contributed by atoms with Crippen molar-refractivity contribution in [3.8, 4) is 5.75 Å². The van der Waals surface area contributed by atoms with E-state index in [9.17, 15) is 34.6 Å². The monoisotopic (exact) mass is 503 g/mol. The maximum atomic E-state index is 12.5. The molecule has 0 aliphatic heterocycles. The Balaban J connectivity index is 2.68. The lowest BCUT2D eigenvalue weighted by Crippen LogP contribution is -2.49. The van der Waals surface area contributed by atoms with Gasteiger partial charge in [-0.15, -0.1) is 10.1 Å². The number of nitrogens with zero attached hydrogens (tertiary/aromatic N) is 2. The Hall–Kier alpha value is -3.62. The lowest BCUT2D eigenvalue weighted by atomic mass is 9.93. The van der Waals surface area contributed by atoms with E-state index in [0.29, 0.717) is 5.75 Å². The SMILES string of the molecule is CSCCC(NC(=O)C(C)(C)CO[N+](=O)[O-])C(=O)OC(C)OC(=O)Oc1ccc([N+](=O)[O-])cc1. The number of ether oxygens (including phenoxy) is 3. The zero-order chi connectivity index (χ0) is 25.9. The third-order valence-electron chi connectivity index (χ3n) is 4.14. The first-order valence-corrected chi connectivity index (χ1v) is 11.2. The van der Waals surface area contributed by atoms with Crippen molar-refractivity contribution in [2.75, 3.05) is 18.6 Å². The molecule has 1 aromatic carbocycles. The molecule has 1 aromatic rings. The molecule has 0 radical (unpaired) electrons. The highest BCUT2D eigenvalue weighted by atomic mass is 32.2. The van der Waals surface area contributed by atoms with Gasteiger partial charge < -0.3 is 24.4 Å². The summed E-state index contributed by atoms with van der Waals surface area (Å²) in [4.78, 5) is 61.6. The van der Waals surface area contributed by atoms with Gasteiger partial charge in [0, 0.05) is 19.1 Å². The molecule has 1 amide bonds. The summed E-state index contributed by atoms with van der Waals surface area (Å²) >= 11 is 1.41. The van der Waals surface area contributed by atoms with Crippen molar-refractivity contribution in [3.05, 3.63) is 44.5 Å². The Morgan fingerprint density at radius 3 is 2.26 bits per heavy atom. The molecule has 0 heterocycles. The topological polar surface area (TPSA) is 186 Å². The van der Waals surface area contributed by atoms with E-state index in [1.54, 1.807) is 6.26 Å². The van der Waals surface area contributed by atoms with Crippen molar-refractivity contribution in [1.29, 1.82) is 0 Å². The number of nitro benzene ring substituents is 1. The van der Waals surface area contributed by atoms with E-state index in [0.717, 1.165) is 12.1 Å². The first-order chi connectivity index (χ1) is 15.9. The second kappa shape index (κ2) is 13.2. The third-order valence-corrected chi connectivity index (χ3v) is 4.78. The van der Waals surface area contributed by atoms with Crippen LogP contribution < -0.4 is 10.1 Å². The summed E-state index contributed by atoms with van der Waals surface area (Å²) in [7, 11) is 0. The number of nitrogens with one attached hydrogen (secondary N) is 1. The predicted octanol–water partition coefficient (Wildman–Crippen LogP) is 2.47. The number of nitro groups is 1. The smallest absolute Gasteiger partial charge is 0.424 e. The van der Waals surface area contributed by atoms with Crippen molar-refractivity contribution in [1.82, 2.24) is 5.32 Å². The highest BCUT2D eigenvalue weighted by Crippen LogP contribution is 2.19. The molecule has 2 atom stereocenters. The second-order valence-electron chi connectivity index (χ2n) is 7.41. The van der Waals surface area contributed by atoms with Crippen LogP contribution in [0.25, 0.3) is 0 Å². The van der Waals surface area contributed by atoms with E-state index in [1.807, 2.05) is 0 Å². The number of hydrogen-bond donors (Lipinski definition) is 1. The minimum absolute atomic E-state index is 0.0292. The van der Waals surface area contributed by atoms with Crippen molar-refractivity contribution >= 4 is 35.5 Å².